The van der Waals surface area contributed by atoms with Gasteiger partial charge in [0.05, 0.1) is 18.7 Å². The molecular weight excluding hydrogens is 296 g/mol. The second kappa shape index (κ2) is 7.00. The topological polar surface area (TPSA) is 59.1 Å². The maximum atomic E-state index is 12.1. The fourth-order valence-corrected chi connectivity index (χ4v) is 3.07. The van der Waals surface area contributed by atoms with Crippen molar-refractivity contribution in [2.24, 2.45) is 0 Å². The zero-order chi connectivity index (χ0) is 16.2. The molecule has 23 heavy (non-hydrogen) atoms. The summed E-state index contributed by atoms with van der Waals surface area (Å²) in [5.74, 6) is -0.352. The van der Waals surface area contributed by atoms with Crippen molar-refractivity contribution in [2.75, 3.05) is 37.7 Å². The van der Waals surface area contributed by atoms with Crippen LogP contribution in [-0.4, -0.2) is 55.9 Å². The van der Waals surface area contributed by atoms with E-state index in [-0.39, 0.29) is 18.2 Å². The molecule has 1 aromatic carbocycles. The molecule has 1 amide bonds. The number of amides is 1. The minimum Gasteiger partial charge on any atom is -0.462 e. The number of hydrogen-bond donors (Lipinski definition) is 0. The summed E-state index contributed by atoms with van der Waals surface area (Å²) in [4.78, 5) is 27.7. The molecule has 0 bridgehead atoms. The quantitative estimate of drug-likeness (QED) is 0.780. The lowest BCUT2D eigenvalue weighted by atomic mass is 10.2. The minimum atomic E-state index is -0.352. The van der Waals surface area contributed by atoms with Gasteiger partial charge in [-0.05, 0) is 57.1 Å². The van der Waals surface area contributed by atoms with Crippen molar-refractivity contribution >= 4 is 17.7 Å². The molecule has 6 nitrogen and oxygen atoms in total. The van der Waals surface area contributed by atoms with E-state index in [9.17, 15) is 9.59 Å². The van der Waals surface area contributed by atoms with Crippen LogP contribution in [0, 0.1) is 0 Å². The number of esters is 1. The minimum absolute atomic E-state index is 0.0923. The third-order valence-corrected chi connectivity index (χ3v) is 4.22. The number of nitrogens with zero attached hydrogens (tertiary/aromatic N) is 2. The lowest BCUT2D eigenvalue weighted by Crippen LogP contribution is -2.33. The molecule has 6 heteroatoms. The van der Waals surface area contributed by atoms with Crippen LogP contribution < -0.4 is 4.90 Å². The van der Waals surface area contributed by atoms with Crippen LogP contribution in [0.4, 0.5) is 10.5 Å². The first-order chi connectivity index (χ1) is 11.2. The Balaban J connectivity index is 1.62. The Bertz CT molecular complexity index is 566. The summed E-state index contributed by atoms with van der Waals surface area (Å²) in [6.45, 7) is 5.63. The summed E-state index contributed by atoms with van der Waals surface area (Å²) < 4.78 is 10.4. The predicted octanol–water partition coefficient (Wildman–Crippen LogP) is 2.28. The number of hydrogen-bond acceptors (Lipinski definition) is 5. The van der Waals surface area contributed by atoms with Crippen LogP contribution in [-0.2, 0) is 9.47 Å². The van der Waals surface area contributed by atoms with Crippen molar-refractivity contribution in [1.29, 1.82) is 0 Å². The Morgan fingerprint density at radius 2 is 1.96 bits per heavy atom. The van der Waals surface area contributed by atoms with Gasteiger partial charge in [-0.1, -0.05) is 0 Å². The lowest BCUT2D eigenvalue weighted by Gasteiger charge is -2.18. The fourth-order valence-electron chi connectivity index (χ4n) is 3.07. The molecular formula is C17H22N2O4. The number of rotatable bonds is 5. The maximum absolute atomic E-state index is 12.1. The van der Waals surface area contributed by atoms with Crippen molar-refractivity contribution in [3.8, 4) is 0 Å². The summed E-state index contributed by atoms with van der Waals surface area (Å²) in [5, 5.41) is 0. The molecule has 1 aromatic rings. The van der Waals surface area contributed by atoms with Gasteiger partial charge < -0.3 is 9.47 Å². The number of ether oxygens (including phenoxy) is 2. The van der Waals surface area contributed by atoms with Crippen molar-refractivity contribution in [3.05, 3.63) is 29.8 Å². The largest absolute Gasteiger partial charge is 0.462 e. The highest BCUT2D eigenvalue weighted by atomic mass is 16.6. The average molecular weight is 318 g/mol. The smallest absolute Gasteiger partial charge is 0.414 e. The van der Waals surface area contributed by atoms with Crippen molar-refractivity contribution in [1.82, 2.24) is 4.90 Å². The third-order valence-electron chi connectivity index (χ3n) is 4.22. The summed E-state index contributed by atoms with van der Waals surface area (Å²) >= 11 is 0. The lowest BCUT2D eigenvalue weighted by molar-refractivity contribution is 0.0526. The van der Waals surface area contributed by atoms with E-state index in [4.69, 9.17) is 9.47 Å². The first kappa shape index (κ1) is 15.8. The Morgan fingerprint density at radius 1 is 1.26 bits per heavy atom. The highest BCUT2D eigenvalue weighted by Gasteiger charge is 2.33. The number of likely N-dealkylation sites (tertiary alicyclic amines) is 1. The molecule has 2 fully saturated rings. The van der Waals surface area contributed by atoms with Gasteiger partial charge in [-0.3, -0.25) is 9.80 Å². The Morgan fingerprint density at radius 3 is 2.61 bits per heavy atom. The van der Waals surface area contributed by atoms with Crippen LogP contribution in [0.25, 0.3) is 0 Å². The number of benzene rings is 1. The summed E-state index contributed by atoms with van der Waals surface area (Å²) in [6, 6.07) is 6.86. The molecule has 0 radical (unpaired) electrons. The number of carbonyl (C=O) groups is 2. The van der Waals surface area contributed by atoms with Crippen molar-refractivity contribution < 1.29 is 19.1 Å². The van der Waals surface area contributed by atoms with Gasteiger partial charge in [-0.2, -0.15) is 0 Å². The van der Waals surface area contributed by atoms with Gasteiger partial charge in [0.2, 0.25) is 0 Å². The highest BCUT2D eigenvalue weighted by Crippen LogP contribution is 2.23. The Kier molecular flexibility index (Phi) is 4.81. The number of carbonyl (C=O) groups excluding carboxylic acids is 2. The first-order valence-electron chi connectivity index (χ1n) is 8.15. The van der Waals surface area contributed by atoms with E-state index in [0.717, 1.165) is 25.3 Å². The molecule has 2 saturated heterocycles. The van der Waals surface area contributed by atoms with Gasteiger partial charge in [0.15, 0.2) is 0 Å². The van der Waals surface area contributed by atoms with E-state index in [1.54, 1.807) is 36.1 Å². The van der Waals surface area contributed by atoms with Gasteiger partial charge >= 0.3 is 12.1 Å². The maximum Gasteiger partial charge on any atom is 0.414 e. The Hall–Kier alpha value is -2.08. The summed E-state index contributed by atoms with van der Waals surface area (Å²) in [6.07, 6.45) is 2.03. The van der Waals surface area contributed by atoms with Crippen LogP contribution in [0.3, 0.4) is 0 Å². The standard InChI is InChI=1S/C17H22N2O4/c1-2-22-16(20)13-5-7-14(8-6-13)19-12-15(23-17(19)21)11-18-9-3-4-10-18/h5-8,15H,2-4,9-12H2,1H3. The van der Waals surface area contributed by atoms with Gasteiger partial charge in [0.25, 0.3) is 0 Å². The second-order valence-corrected chi connectivity index (χ2v) is 5.89. The van der Waals surface area contributed by atoms with E-state index >= 15 is 0 Å². The molecule has 2 aliphatic rings. The predicted molar refractivity (Wildman–Crippen MR) is 85.7 cm³/mol. The van der Waals surface area contributed by atoms with Gasteiger partial charge in [-0.25, -0.2) is 9.59 Å². The second-order valence-electron chi connectivity index (χ2n) is 5.89. The highest BCUT2D eigenvalue weighted by molar-refractivity contribution is 5.92. The van der Waals surface area contributed by atoms with Gasteiger partial charge in [0.1, 0.15) is 6.10 Å². The SMILES string of the molecule is CCOC(=O)c1ccc(N2CC(CN3CCCC3)OC2=O)cc1. The van der Waals surface area contributed by atoms with E-state index in [1.165, 1.54) is 12.8 Å². The monoisotopic (exact) mass is 318 g/mol. The van der Waals surface area contributed by atoms with Crippen LogP contribution in [0.1, 0.15) is 30.1 Å². The third kappa shape index (κ3) is 3.64. The molecule has 0 aliphatic carbocycles. The molecule has 2 aliphatic heterocycles. The fraction of sp³-hybridized carbons (Fsp3) is 0.529. The van der Waals surface area contributed by atoms with Crippen LogP contribution >= 0.6 is 0 Å². The first-order valence-corrected chi connectivity index (χ1v) is 8.15. The zero-order valence-corrected chi connectivity index (χ0v) is 13.4. The van der Waals surface area contributed by atoms with Crippen molar-refractivity contribution in [2.45, 2.75) is 25.9 Å². The normalized spacial score (nSPS) is 21.5. The average Bonchev–Trinajstić information content (AvgIpc) is 3.18. The van der Waals surface area contributed by atoms with Gasteiger partial charge in [-0.15, -0.1) is 0 Å². The summed E-state index contributed by atoms with van der Waals surface area (Å²) in [7, 11) is 0. The van der Waals surface area contributed by atoms with E-state index in [0.29, 0.717) is 18.7 Å². The van der Waals surface area contributed by atoms with E-state index in [2.05, 4.69) is 4.90 Å². The molecule has 0 N–H and O–H groups in total. The summed E-state index contributed by atoms with van der Waals surface area (Å²) in [5.41, 5.74) is 1.23. The molecule has 1 unspecified atom stereocenters. The van der Waals surface area contributed by atoms with Gasteiger partial charge in [0, 0.05) is 12.2 Å². The van der Waals surface area contributed by atoms with E-state index < -0.39 is 0 Å². The number of anilines is 1. The molecule has 2 heterocycles. The molecule has 1 atom stereocenters. The molecule has 0 spiro atoms. The molecule has 0 aromatic heterocycles. The van der Waals surface area contributed by atoms with Crippen LogP contribution in [0.2, 0.25) is 0 Å². The van der Waals surface area contributed by atoms with Crippen LogP contribution in [0.5, 0.6) is 0 Å². The number of cyclic esters (lactones) is 1. The van der Waals surface area contributed by atoms with Crippen molar-refractivity contribution in [3.63, 3.8) is 0 Å². The van der Waals surface area contributed by atoms with Crippen LogP contribution in [0.15, 0.2) is 24.3 Å². The zero-order valence-electron chi connectivity index (χ0n) is 13.4. The molecule has 3 rings (SSSR count). The molecule has 124 valence electrons. The van der Waals surface area contributed by atoms with E-state index in [1.807, 2.05) is 0 Å². The Labute approximate surface area is 136 Å². The molecule has 0 saturated carbocycles.